The molecule has 0 bridgehead atoms. The summed E-state index contributed by atoms with van der Waals surface area (Å²) in [6.07, 6.45) is 4.63. The van der Waals surface area contributed by atoms with E-state index in [1.165, 1.54) is 25.0 Å². The van der Waals surface area contributed by atoms with Gasteiger partial charge in [0.25, 0.3) is 0 Å². The Hall–Kier alpha value is -1.09. The molecule has 3 heteroatoms. The predicted octanol–water partition coefficient (Wildman–Crippen LogP) is 3.41. The van der Waals surface area contributed by atoms with Crippen LogP contribution in [0, 0.1) is 11.2 Å². The van der Waals surface area contributed by atoms with Crippen LogP contribution in [0.25, 0.3) is 0 Å². The Morgan fingerprint density at radius 1 is 1.35 bits per heavy atom. The quantitative estimate of drug-likeness (QED) is 0.874. The maximum absolute atomic E-state index is 13.3. The third-order valence-electron chi connectivity index (χ3n) is 4.02. The lowest BCUT2D eigenvalue weighted by atomic mass is 9.77. The predicted molar refractivity (Wildman–Crippen MR) is 66.5 cm³/mol. The van der Waals surface area contributed by atoms with Gasteiger partial charge in [-0.2, -0.15) is 0 Å². The third kappa shape index (κ3) is 2.29. The van der Waals surface area contributed by atoms with E-state index in [0.717, 1.165) is 18.4 Å². The zero-order valence-electron chi connectivity index (χ0n) is 10.5. The van der Waals surface area contributed by atoms with Crippen LogP contribution in [-0.4, -0.2) is 7.11 Å². The maximum Gasteiger partial charge on any atom is 0.123 e. The molecule has 1 aromatic carbocycles. The van der Waals surface area contributed by atoms with Gasteiger partial charge in [-0.25, -0.2) is 4.39 Å². The normalized spacial score (nSPS) is 20.2. The molecule has 0 aliphatic heterocycles. The molecular weight excluding hydrogens is 217 g/mol. The fraction of sp³-hybridized carbons (Fsp3) is 0.571. The molecule has 1 unspecified atom stereocenters. The van der Waals surface area contributed by atoms with Crippen LogP contribution in [0.15, 0.2) is 18.2 Å². The molecular formula is C14H20FNO. The number of hydrogen-bond donors (Lipinski definition) is 1. The van der Waals surface area contributed by atoms with E-state index in [2.05, 4.69) is 6.92 Å². The topological polar surface area (TPSA) is 35.2 Å². The minimum atomic E-state index is -0.252. The van der Waals surface area contributed by atoms with Gasteiger partial charge >= 0.3 is 0 Å². The fourth-order valence-electron chi connectivity index (χ4n) is 2.82. The van der Waals surface area contributed by atoms with Crippen molar-refractivity contribution in [3.63, 3.8) is 0 Å². The van der Waals surface area contributed by atoms with Crippen LogP contribution in [0.2, 0.25) is 0 Å². The molecule has 0 radical (unpaired) electrons. The second-order valence-electron chi connectivity index (χ2n) is 5.23. The first-order valence-corrected chi connectivity index (χ1v) is 6.16. The van der Waals surface area contributed by atoms with Gasteiger partial charge in [0.2, 0.25) is 0 Å². The van der Waals surface area contributed by atoms with E-state index in [1.54, 1.807) is 13.2 Å². The van der Waals surface area contributed by atoms with Crippen molar-refractivity contribution in [2.24, 2.45) is 11.1 Å². The highest BCUT2D eigenvalue weighted by Crippen LogP contribution is 2.47. The Labute approximate surface area is 102 Å². The highest BCUT2D eigenvalue weighted by Gasteiger charge is 2.36. The van der Waals surface area contributed by atoms with Crippen molar-refractivity contribution < 1.29 is 9.13 Å². The molecule has 2 rings (SSSR count). The van der Waals surface area contributed by atoms with Gasteiger partial charge in [0.1, 0.15) is 11.6 Å². The molecule has 0 spiro atoms. The van der Waals surface area contributed by atoms with Crippen LogP contribution < -0.4 is 10.5 Å². The maximum atomic E-state index is 13.3. The smallest absolute Gasteiger partial charge is 0.123 e. The van der Waals surface area contributed by atoms with Gasteiger partial charge in [0.05, 0.1) is 7.11 Å². The zero-order chi connectivity index (χ0) is 12.5. The van der Waals surface area contributed by atoms with Crippen LogP contribution >= 0.6 is 0 Å². The van der Waals surface area contributed by atoms with E-state index < -0.39 is 0 Å². The molecule has 1 aromatic rings. The van der Waals surface area contributed by atoms with Crippen molar-refractivity contribution in [2.75, 3.05) is 7.11 Å². The van der Waals surface area contributed by atoms with Crippen molar-refractivity contribution >= 4 is 0 Å². The van der Waals surface area contributed by atoms with Gasteiger partial charge in [-0.3, -0.25) is 0 Å². The van der Waals surface area contributed by atoms with Crippen molar-refractivity contribution in [1.82, 2.24) is 0 Å². The van der Waals surface area contributed by atoms with Crippen LogP contribution in [0.3, 0.4) is 0 Å². The van der Waals surface area contributed by atoms with Crippen molar-refractivity contribution in [2.45, 2.75) is 38.6 Å². The van der Waals surface area contributed by atoms with Crippen LogP contribution in [-0.2, 0) is 0 Å². The van der Waals surface area contributed by atoms with Gasteiger partial charge in [-0.05, 0) is 36.5 Å². The second kappa shape index (κ2) is 4.65. The van der Waals surface area contributed by atoms with E-state index in [-0.39, 0.29) is 17.3 Å². The molecule has 1 aliphatic rings. The number of rotatable bonds is 3. The number of methoxy groups -OCH3 is 1. The van der Waals surface area contributed by atoms with Crippen LogP contribution in [0.4, 0.5) is 4.39 Å². The first-order valence-electron chi connectivity index (χ1n) is 6.16. The lowest BCUT2D eigenvalue weighted by molar-refractivity contribution is 0.258. The average Bonchev–Trinajstić information content (AvgIpc) is 2.76. The monoisotopic (exact) mass is 237 g/mol. The van der Waals surface area contributed by atoms with Crippen molar-refractivity contribution in [3.8, 4) is 5.75 Å². The Kier molecular flexibility index (Phi) is 3.38. The van der Waals surface area contributed by atoms with Gasteiger partial charge in [0.15, 0.2) is 0 Å². The van der Waals surface area contributed by atoms with Gasteiger partial charge in [-0.1, -0.05) is 19.8 Å². The molecule has 0 heterocycles. The highest BCUT2D eigenvalue weighted by molar-refractivity contribution is 5.37. The molecule has 1 saturated carbocycles. The molecule has 2 N–H and O–H groups in total. The van der Waals surface area contributed by atoms with Crippen molar-refractivity contribution in [1.29, 1.82) is 0 Å². The summed E-state index contributed by atoms with van der Waals surface area (Å²) >= 11 is 0. The van der Waals surface area contributed by atoms with Crippen molar-refractivity contribution in [3.05, 3.63) is 29.6 Å². The van der Waals surface area contributed by atoms with E-state index >= 15 is 0 Å². The van der Waals surface area contributed by atoms with Crippen LogP contribution in [0.5, 0.6) is 5.75 Å². The lowest BCUT2D eigenvalue weighted by Gasteiger charge is -2.32. The first-order chi connectivity index (χ1) is 8.07. The molecule has 0 aromatic heterocycles. The summed E-state index contributed by atoms with van der Waals surface area (Å²) in [7, 11) is 1.60. The fourth-order valence-corrected chi connectivity index (χ4v) is 2.82. The Morgan fingerprint density at radius 3 is 2.59 bits per heavy atom. The first kappa shape index (κ1) is 12.4. The third-order valence-corrected chi connectivity index (χ3v) is 4.02. The number of ether oxygens (including phenoxy) is 1. The summed E-state index contributed by atoms with van der Waals surface area (Å²) < 4.78 is 18.6. The SMILES string of the molecule is COc1ccc(F)cc1C(N)C1(C)CCCC1. The lowest BCUT2D eigenvalue weighted by Crippen LogP contribution is -2.29. The van der Waals surface area contributed by atoms with E-state index in [0.29, 0.717) is 5.75 Å². The number of hydrogen-bond acceptors (Lipinski definition) is 2. The summed E-state index contributed by atoms with van der Waals surface area (Å²) in [6.45, 7) is 2.19. The van der Waals surface area contributed by atoms with Gasteiger partial charge in [-0.15, -0.1) is 0 Å². The Morgan fingerprint density at radius 2 is 2.00 bits per heavy atom. The molecule has 1 aliphatic carbocycles. The molecule has 0 saturated heterocycles. The van der Waals surface area contributed by atoms with E-state index in [4.69, 9.17) is 10.5 Å². The number of benzene rings is 1. The number of halogens is 1. The molecule has 17 heavy (non-hydrogen) atoms. The molecule has 94 valence electrons. The van der Waals surface area contributed by atoms with E-state index in [1.807, 2.05) is 0 Å². The Balaban J connectivity index is 2.35. The summed E-state index contributed by atoms with van der Waals surface area (Å²) in [4.78, 5) is 0. The van der Waals surface area contributed by atoms with E-state index in [9.17, 15) is 4.39 Å². The highest BCUT2D eigenvalue weighted by atomic mass is 19.1. The summed E-state index contributed by atoms with van der Waals surface area (Å²) in [5, 5.41) is 0. The molecule has 1 atom stereocenters. The summed E-state index contributed by atoms with van der Waals surface area (Å²) in [5.74, 6) is 0.435. The number of nitrogens with two attached hydrogens (primary N) is 1. The summed E-state index contributed by atoms with van der Waals surface area (Å²) in [5.41, 5.74) is 7.19. The summed E-state index contributed by atoms with van der Waals surface area (Å²) in [6, 6.07) is 4.41. The van der Waals surface area contributed by atoms with Gasteiger partial charge in [0, 0.05) is 11.6 Å². The second-order valence-corrected chi connectivity index (χ2v) is 5.23. The minimum absolute atomic E-state index is 0.0705. The van der Waals surface area contributed by atoms with Crippen LogP contribution in [0.1, 0.15) is 44.2 Å². The minimum Gasteiger partial charge on any atom is -0.496 e. The average molecular weight is 237 g/mol. The van der Waals surface area contributed by atoms with Gasteiger partial charge < -0.3 is 10.5 Å². The molecule has 2 nitrogen and oxygen atoms in total. The largest absolute Gasteiger partial charge is 0.496 e. The molecule has 0 amide bonds. The zero-order valence-corrected chi connectivity index (χ0v) is 10.5. The standard InChI is InChI=1S/C14H20FNO/c1-14(7-3-4-8-14)13(16)11-9-10(15)5-6-12(11)17-2/h5-6,9,13H,3-4,7-8,16H2,1-2H3. The Bertz CT molecular complexity index is 399. The molecule has 1 fully saturated rings.